The maximum atomic E-state index is 2.57. The molecule has 2 aromatic heterocycles. The van der Waals surface area contributed by atoms with Gasteiger partial charge in [-0.3, -0.25) is 0 Å². The lowest BCUT2D eigenvalue weighted by atomic mass is 9.78. The fourth-order valence-electron chi connectivity index (χ4n) is 15.9. The van der Waals surface area contributed by atoms with Gasteiger partial charge in [-0.2, -0.15) is 0 Å². The average Bonchev–Trinajstić information content (AvgIpc) is 1.68. The standard InChI is InChI=1S/C100H68N2/c1-13-37-71(38-14-1)85-86(72-39-15-2-16-40-72)90(76-47-23-6-24-48-76)94-93(89(85)75-45-21-5-22-46-75)97(79-53-29-9-30-54-79)101(98(94)80-55-31-10-32-56-80)83-65-61-69(62-66-83)70-63-67-84(68-64-70)102-99(81-57-33-11-34-58-81)95-91(77-49-25-7-26-50-77)87(73-41-17-3-18-42-73)88(74-43-19-4-20-44-74)92(78-51-27-8-28-52-78)96(95)100(102)82-59-35-12-36-60-82/h1-68H. The fraction of sp³-hybridized carbons (Fsp3) is 0. The molecule has 0 unspecified atom stereocenters. The first kappa shape index (κ1) is 61.0. The van der Waals surface area contributed by atoms with Gasteiger partial charge >= 0.3 is 0 Å². The lowest BCUT2D eigenvalue weighted by Gasteiger charge is -2.24. The van der Waals surface area contributed by atoms with Gasteiger partial charge in [0.15, 0.2) is 0 Å². The third-order valence-corrected chi connectivity index (χ3v) is 20.1. The van der Waals surface area contributed by atoms with Gasteiger partial charge in [-0.25, -0.2) is 0 Å². The molecule has 18 aromatic rings. The van der Waals surface area contributed by atoms with Crippen LogP contribution in [-0.4, -0.2) is 9.13 Å². The predicted molar refractivity (Wildman–Crippen MR) is 431 cm³/mol. The summed E-state index contributed by atoms with van der Waals surface area (Å²) in [6.45, 7) is 0. The minimum atomic E-state index is 1.05. The Morgan fingerprint density at radius 3 is 0.402 bits per heavy atom. The highest BCUT2D eigenvalue weighted by Gasteiger charge is 2.35. The molecule has 0 bridgehead atoms. The molecule has 0 saturated heterocycles. The first-order valence-corrected chi connectivity index (χ1v) is 35.2. The number of benzene rings is 16. The van der Waals surface area contributed by atoms with Crippen LogP contribution in [0.25, 0.3) is 178 Å². The molecular weight excluding hydrogens is 1230 g/mol. The van der Waals surface area contributed by atoms with Crippen LogP contribution in [0.3, 0.4) is 0 Å². The van der Waals surface area contributed by atoms with Gasteiger partial charge in [0.1, 0.15) is 0 Å². The van der Waals surface area contributed by atoms with Crippen molar-refractivity contribution in [2.45, 2.75) is 0 Å². The molecule has 2 heteroatoms. The Morgan fingerprint density at radius 2 is 0.245 bits per heavy atom. The normalized spacial score (nSPS) is 11.3. The Kier molecular flexibility index (Phi) is 16.0. The molecule has 0 spiro atoms. The van der Waals surface area contributed by atoms with Gasteiger partial charge in [0.25, 0.3) is 0 Å². The van der Waals surface area contributed by atoms with Crippen LogP contribution >= 0.6 is 0 Å². The third kappa shape index (κ3) is 10.8. The molecule has 16 aromatic carbocycles. The molecule has 102 heavy (non-hydrogen) atoms. The lowest BCUT2D eigenvalue weighted by molar-refractivity contribution is 1.10. The molecule has 0 aliphatic heterocycles. The van der Waals surface area contributed by atoms with Crippen molar-refractivity contribution in [3.63, 3.8) is 0 Å². The number of aromatic nitrogens is 2. The molecule has 0 atom stereocenters. The second-order valence-electron chi connectivity index (χ2n) is 26.1. The van der Waals surface area contributed by atoms with Crippen LogP contribution in [-0.2, 0) is 0 Å². The Morgan fingerprint density at radius 1 is 0.108 bits per heavy atom. The van der Waals surface area contributed by atoms with Crippen molar-refractivity contribution in [2.75, 3.05) is 0 Å². The minimum absolute atomic E-state index is 1.05. The van der Waals surface area contributed by atoms with Crippen LogP contribution in [0.1, 0.15) is 0 Å². The second kappa shape index (κ2) is 26.8. The molecule has 0 N–H and O–H groups in total. The zero-order valence-corrected chi connectivity index (χ0v) is 56.2. The quantitative estimate of drug-likeness (QED) is 0.0968. The van der Waals surface area contributed by atoms with Crippen molar-refractivity contribution < 1.29 is 0 Å². The van der Waals surface area contributed by atoms with Crippen LogP contribution in [0.4, 0.5) is 0 Å². The Balaban J connectivity index is 0.907. The lowest BCUT2D eigenvalue weighted by Crippen LogP contribution is -2.00. The van der Waals surface area contributed by atoms with Gasteiger partial charge in [-0.1, -0.05) is 388 Å². The van der Waals surface area contributed by atoms with Gasteiger partial charge in [-0.15, -0.1) is 0 Å². The van der Waals surface area contributed by atoms with Crippen molar-refractivity contribution in [3.05, 3.63) is 413 Å². The molecule has 0 saturated carbocycles. The molecular formula is C100H68N2. The first-order valence-electron chi connectivity index (χ1n) is 35.2. The smallest absolute Gasteiger partial charge is 0.0620 e. The molecule has 2 nitrogen and oxygen atoms in total. The van der Waals surface area contributed by atoms with Gasteiger partial charge in [0.05, 0.1) is 22.8 Å². The Bertz CT molecular complexity index is 5260. The summed E-state index contributed by atoms with van der Waals surface area (Å²) >= 11 is 0. The van der Waals surface area contributed by atoms with E-state index in [1.807, 2.05) is 0 Å². The highest BCUT2D eigenvalue weighted by Crippen LogP contribution is 2.59. The monoisotopic (exact) mass is 1300 g/mol. The van der Waals surface area contributed by atoms with E-state index in [-0.39, 0.29) is 0 Å². The van der Waals surface area contributed by atoms with E-state index >= 15 is 0 Å². The van der Waals surface area contributed by atoms with Crippen LogP contribution in [0.5, 0.6) is 0 Å². The van der Waals surface area contributed by atoms with E-state index in [1.165, 1.54) is 66.1 Å². The molecule has 0 radical (unpaired) electrons. The predicted octanol–water partition coefficient (Wildman–Crippen LogP) is 27.2. The first-order chi connectivity index (χ1) is 50.7. The van der Waals surface area contributed by atoms with Crippen molar-refractivity contribution in [3.8, 4) is 157 Å². The highest BCUT2D eigenvalue weighted by atomic mass is 15.0. The molecule has 0 aliphatic rings. The second-order valence-corrected chi connectivity index (χ2v) is 26.1. The van der Waals surface area contributed by atoms with Gasteiger partial charge in [0.2, 0.25) is 0 Å². The molecule has 0 fully saturated rings. The molecule has 478 valence electrons. The topological polar surface area (TPSA) is 9.86 Å². The van der Waals surface area contributed by atoms with E-state index in [4.69, 9.17) is 0 Å². The SMILES string of the molecule is c1ccc(-c2c(-c3ccccc3)c(-c3ccccc3)c3c(-c4ccccc4)n(-c4ccc(-c5ccc(-n6c(-c7ccccc7)c7c(-c8ccccc8)c(-c8ccccc8)c(-c8ccccc8)c(-c8ccccc8)c7c6-c6ccccc6)cc5)cc4)c(-c4ccccc4)c3c2-c2ccccc2)cc1. The summed E-state index contributed by atoms with van der Waals surface area (Å²) in [5.74, 6) is 0. The summed E-state index contributed by atoms with van der Waals surface area (Å²) < 4.78 is 5.13. The van der Waals surface area contributed by atoms with Crippen molar-refractivity contribution in [1.82, 2.24) is 9.13 Å². The van der Waals surface area contributed by atoms with E-state index in [0.717, 1.165) is 112 Å². The third-order valence-electron chi connectivity index (χ3n) is 20.1. The van der Waals surface area contributed by atoms with Gasteiger partial charge < -0.3 is 9.13 Å². The van der Waals surface area contributed by atoms with Crippen molar-refractivity contribution in [1.29, 1.82) is 0 Å². The van der Waals surface area contributed by atoms with Crippen molar-refractivity contribution in [2.24, 2.45) is 0 Å². The summed E-state index contributed by atoms with van der Waals surface area (Å²) in [6, 6.07) is 151. The molecule has 0 amide bonds. The average molecular weight is 1300 g/mol. The van der Waals surface area contributed by atoms with E-state index in [2.05, 4.69) is 422 Å². The number of hydrogen-bond acceptors (Lipinski definition) is 0. The largest absolute Gasteiger partial charge is 0.308 e. The highest BCUT2D eigenvalue weighted by molar-refractivity contribution is 6.28. The number of rotatable bonds is 15. The molecule has 0 aliphatic carbocycles. The van der Waals surface area contributed by atoms with Crippen molar-refractivity contribution >= 4 is 21.5 Å². The summed E-state index contributed by atoms with van der Waals surface area (Å²) in [6.07, 6.45) is 0. The summed E-state index contributed by atoms with van der Waals surface area (Å²) in [5.41, 5.74) is 32.0. The van der Waals surface area contributed by atoms with E-state index < -0.39 is 0 Å². The van der Waals surface area contributed by atoms with Crippen LogP contribution in [0.2, 0.25) is 0 Å². The van der Waals surface area contributed by atoms with E-state index in [9.17, 15) is 0 Å². The summed E-state index contributed by atoms with van der Waals surface area (Å²) in [4.78, 5) is 0. The number of nitrogens with zero attached hydrogens (tertiary/aromatic N) is 2. The Labute approximate surface area is 595 Å². The fourth-order valence-corrected chi connectivity index (χ4v) is 15.9. The number of hydrogen-bond donors (Lipinski definition) is 0. The van der Waals surface area contributed by atoms with Crippen LogP contribution in [0.15, 0.2) is 413 Å². The maximum Gasteiger partial charge on any atom is 0.0620 e. The Hall–Kier alpha value is -13.4. The van der Waals surface area contributed by atoms with E-state index in [1.54, 1.807) is 0 Å². The van der Waals surface area contributed by atoms with Gasteiger partial charge in [-0.05, 0) is 124 Å². The van der Waals surface area contributed by atoms with Crippen LogP contribution < -0.4 is 0 Å². The molecule has 2 heterocycles. The summed E-state index contributed by atoms with van der Waals surface area (Å²) in [7, 11) is 0. The summed E-state index contributed by atoms with van der Waals surface area (Å²) in [5, 5.41) is 4.74. The van der Waals surface area contributed by atoms with E-state index in [0.29, 0.717) is 0 Å². The minimum Gasteiger partial charge on any atom is -0.308 e. The van der Waals surface area contributed by atoms with Gasteiger partial charge in [0, 0.05) is 55.2 Å². The number of fused-ring (bicyclic) bond motifs is 2. The zero-order chi connectivity index (χ0) is 67.7. The maximum absolute atomic E-state index is 2.57. The zero-order valence-electron chi connectivity index (χ0n) is 56.2. The molecule has 18 rings (SSSR count). The van der Waals surface area contributed by atoms with Crippen LogP contribution in [0, 0.1) is 0 Å².